The molecule has 0 atom stereocenters. The number of sulfonamides is 1. The van der Waals surface area contributed by atoms with Crippen molar-refractivity contribution in [2.45, 2.75) is 30.7 Å². The predicted octanol–water partition coefficient (Wildman–Crippen LogP) is 1.48. The van der Waals surface area contributed by atoms with Gasteiger partial charge in [-0.3, -0.25) is 0 Å². The first-order valence-electron chi connectivity index (χ1n) is 6.29. The fourth-order valence-electron chi connectivity index (χ4n) is 2.09. The molecule has 1 aromatic carbocycles. The van der Waals surface area contributed by atoms with E-state index in [0.717, 1.165) is 37.9 Å². The zero-order valence-electron chi connectivity index (χ0n) is 10.6. The lowest BCUT2D eigenvalue weighted by Crippen LogP contribution is -2.44. The molecule has 7 heteroatoms. The molecule has 1 heterocycles. The van der Waals surface area contributed by atoms with Gasteiger partial charge in [-0.05, 0) is 30.5 Å². The molecule has 106 valence electrons. The van der Waals surface area contributed by atoms with Crippen molar-refractivity contribution < 1.29 is 8.42 Å². The van der Waals surface area contributed by atoms with Crippen LogP contribution < -0.4 is 10.6 Å². The Bertz CT molecular complexity index is 542. The van der Waals surface area contributed by atoms with E-state index in [-0.39, 0.29) is 9.92 Å². The Kier molecular flexibility index (Phi) is 4.81. The highest BCUT2D eigenvalue weighted by molar-refractivity contribution is 7.89. The van der Waals surface area contributed by atoms with Gasteiger partial charge in [-0.2, -0.15) is 0 Å². The molecule has 0 saturated carbocycles. The van der Waals surface area contributed by atoms with Crippen molar-refractivity contribution >= 4 is 21.6 Å². The Hall–Kier alpha value is -0.660. The van der Waals surface area contributed by atoms with Gasteiger partial charge in [-0.15, -0.1) is 4.83 Å². The summed E-state index contributed by atoms with van der Waals surface area (Å²) in [5.74, 6) is 0. The number of nitrogens with one attached hydrogen (secondary N) is 1. The maximum Gasteiger partial charge on any atom is 0.254 e. The summed E-state index contributed by atoms with van der Waals surface area (Å²) in [6, 6.07) is 4.76. The van der Waals surface area contributed by atoms with Gasteiger partial charge in [0.05, 0.1) is 5.02 Å². The maximum absolute atomic E-state index is 12.3. The van der Waals surface area contributed by atoms with E-state index >= 15 is 0 Å². The third-order valence-corrected chi connectivity index (χ3v) is 4.99. The second kappa shape index (κ2) is 6.19. The Morgan fingerprint density at radius 2 is 1.95 bits per heavy atom. The maximum atomic E-state index is 12.3. The molecule has 1 saturated heterocycles. The molecule has 0 aromatic heterocycles. The number of nitrogens with zero attached hydrogens (tertiary/aromatic N) is 1. The summed E-state index contributed by atoms with van der Waals surface area (Å²) in [6.07, 6.45) is 3.15. The number of hydrazine groups is 1. The molecular weight excluding hydrogens is 286 g/mol. The first-order valence-corrected chi connectivity index (χ1v) is 8.15. The van der Waals surface area contributed by atoms with Gasteiger partial charge in [-0.25, -0.2) is 13.4 Å². The summed E-state index contributed by atoms with van der Waals surface area (Å²) in [7, 11) is -3.61. The van der Waals surface area contributed by atoms with Crippen molar-refractivity contribution in [1.82, 2.24) is 9.84 Å². The molecule has 0 aliphatic carbocycles. The fourth-order valence-corrected chi connectivity index (χ4v) is 3.79. The quantitative estimate of drug-likeness (QED) is 0.883. The highest BCUT2D eigenvalue weighted by Crippen LogP contribution is 2.23. The molecule has 2 rings (SSSR count). The molecule has 0 bridgehead atoms. The molecule has 1 aliphatic rings. The van der Waals surface area contributed by atoms with Crippen LogP contribution >= 0.6 is 11.6 Å². The zero-order chi connectivity index (χ0) is 13.9. The predicted molar refractivity (Wildman–Crippen MR) is 75.1 cm³/mol. The van der Waals surface area contributed by atoms with Crippen molar-refractivity contribution in [2.24, 2.45) is 5.73 Å². The highest BCUT2D eigenvalue weighted by atomic mass is 35.5. The molecule has 1 fully saturated rings. The van der Waals surface area contributed by atoms with Crippen LogP contribution in [-0.4, -0.2) is 26.5 Å². The average molecular weight is 304 g/mol. The van der Waals surface area contributed by atoms with Crippen molar-refractivity contribution in [3.63, 3.8) is 0 Å². The van der Waals surface area contributed by atoms with Crippen LogP contribution in [0.1, 0.15) is 24.8 Å². The number of hydrogen-bond donors (Lipinski definition) is 2. The lowest BCUT2D eigenvalue weighted by Gasteiger charge is -2.26. The largest absolute Gasteiger partial charge is 0.326 e. The summed E-state index contributed by atoms with van der Waals surface area (Å²) in [5.41, 5.74) is 6.30. The number of nitrogens with two attached hydrogens (primary N) is 1. The standard InChI is InChI=1S/C12H18ClN3O2S/c13-11-8-10(9-14)4-5-12(11)19(17,18)15-16-6-2-1-3-7-16/h4-5,8,15H,1-3,6-7,9,14H2. The Balaban J connectivity index is 2.18. The summed E-state index contributed by atoms with van der Waals surface area (Å²) >= 11 is 6.02. The lowest BCUT2D eigenvalue weighted by molar-refractivity contribution is 0.200. The van der Waals surface area contributed by atoms with E-state index in [1.165, 1.54) is 6.07 Å². The van der Waals surface area contributed by atoms with Crippen molar-refractivity contribution in [3.05, 3.63) is 28.8 Å². The molecule has 0 radical (unpaired) electrons. The van der Waals surface area contributed by atoms with E-state index in [9.17, 15) is 8.42 Å². The highest BCUT2D eigenvalue weighted by Gasteiger charge is 2.22. The molecule has 3 N–H and O–H groups in total. The van der Waals surface area contributed by atoms with Gasteiger partial charge in [0.25, 0.3) is 10.0 Å². The van der Waals surface area contributed by atoms with Crippen LogP contribution in [0.15, 0.2) is 23.1 Å². The molecule has 0 spiro atoms. The molecule has 1 aromatic rings. The van der Waals surface area contributed by atoms with E-state index in [2.05, 4.69) is 4.83 Å². The van der Waals surface area contributed by atoms with Crippen LogP contribution in [0.5, 0.6) is 0 Å². The van der Waals surface area contributed by atoms with Gasteiger partial charge in [0.2, 0.25) is 0 Å². The number of piperidine rings is 1. The van der Waals surface area contributed by atoms with Gasteiger partial charge in [0.15, 0.2) is 0 Å². The minimum absolute atomic E-state index is 0.0944. The molecule has 0 unspecified atom stereocenters. The summed E-state index contributed by atoms with van der Waals surface area (Å²) in [6.45, 7) is 1.80. The molecule has 1 aliphatic heterocycles. The summed E-state index contributed by atoms with van der Waals surface area (Å²) in [5, 5.41) is 1.93. The zero-order valence-corrected chi connectivity index (χ0v) is 12.2. The van der Waals surface area contributed by atoms with Gasteiger partial charge in [-0.1, -0.05) is 24.1 Å². The third-order valence-electron chi connectivity index (χ3n) is 3.13. The SMILES string of the molecule is NCc1ccc(S(=O)(=O)NN2CCCCC2)c(Cl)c1. The monoisotopic (exact) mass is 303 g/mol. The minimum atomic E-state index is -3.61. The number of rotatable bonds is 4. The Morgan fingerprint density at radius 1 is 1.26 bits per heavy atom. The number of halogens is 1. The molecule has 5 nitrogen and oxygen atoms in total. The third kappa shape index (κ3) is 3.67. The summed E-state index contributed by atoms with van der Waals surface area (Å²) in [4.78, 5) is 2.67. The van der Waals surface area contributed by atoms with E-state index < -0.39 is 10.0 Å². The van der Waals surface area contributed by atoms with E-state index in [1.807, 2.05) is 0 Å². The Labute approximate surface area is 118 Å². The second-order valence-electron chi connectivity index (χ2n) is 4.61. The normalized spacial score (nSPS) is 17.6. The first kappa shape index (κ1) is 14.7. The van der Waals surface area contributed by atoms with Crippen molar-refractivity contribution in [2.75, 3.05) is 13.1 Å². The Morgan fingerprint density at radius 3 is 2.53 bits per heavy atom. The van der Waals surface area contributed by atoms with Crippen LogP contribution in [0.4, 0.5) is 0 Å². The van der Waals surface area contributed by atoms with Crippen LogP contribution in [0.2, 0.25) is 5.02 Å². The van der Waals surface area contributed by atoms with E-state index in [4.69, 9.17) is 17.3 Å². The molecule has 0 amide bonds. The molecular formula is C12H18ClN3O2S. The van der Waals surface area contributed by atoms with E-state index in [0.29, 0.717) is 6.54 Å². The van der Waals surface area contributed by atoms with Gasteiger partial charge in [0, 0.05) is 19.6 Å². The average Bonchev–Trinajstić information content (AvgIpc) is 2.38. The topological polar surface area (TPSA) is 75.4 Å². The lowest BCUT2D eigenvalue weighted by atomic mass is 10.2. The van der Waals surface area contributed by atoms with E-state index in [1.54, 1.807) is 17.1 Å². The van der Waals surface area contributed by atoms with Gasteiger partial charge < -0.3 is 5.73 Å². The second-order valence-corrected chi connectivity index (χ2v) is 6.65. The minimum Gasteiger partial charge on any atom is -0.326 e. The number of benzene rings is 1. The van der Waals surface area contributed by atoms with Gasteiger partial charge >= 0.3 is 0 Å². The van der Waals surface area contributed by atoms with Gasteiger partial charge in [0.1, 0.15) is 4.90 Å². The van der Waals surface area contributed by atoms with Crippen LogP contribution in [0.25, 0.3) is 0 Å². The molecule has 19 heavy (non-hydrogen) atoms. The van der Waals surface area contributed by atoms with Crippen LogP contribution in [0.3, 0.4) is 0 Å². The van der Waals surface area contributed by atoms with Crippen LogP contribution in [-0.2, 0) is 16.6 Å². The first-order chi connectivity index (χ1) is 9.03. The van der Waals surface area contributed by atoms with Crippen LogP contribution in [0, 0.1) is 0 Å². The van der Waals surface area contributed by atoms with Crippen molar-refractivity contribution in [3.8, 4) is 0 Å². The van der Waals surface area contributed by atoms with Crippen molar-refractivity contribution in [1.29, 1.82) is 0 Å². The smallest absolute Gasteiger partial charge is 0.254 e. The summed E-state index contributed by atoms with van der Waals surface area (Å²) < 4.78 is 24.5. The fraction of sp³-hybridized carbons (Fsp3) is 0.500. The number of hydrogen-bond acceptors (Lipinski definition) is 4.